The maximum absolute atomic E-state index is 3.51. The molecule has 0 amide bonds. The highest BCUT2D eigenvalue weighted by atomic mass is 28.3. The third kappa shape index (κ3) is 5.08. The average Bonchev–Trinajstić information content (AvgIpc) is 3.11. The van der Waals surface area contributed by atoms with E-state index in [0.29, 0.717) is 0 Å². The van der Waals surface area contributed by atoms with Gasteiger partial charge >= 0.3 is 0 Å². The fourth-order valence-electron chi connectivity index (χ4n) is 1.71. The van der Waals surface area contributed by atoms with Crippen LogP contribution in [0.15, 0.2) is 24.3 Å². The van der Waals surface area contributed by atoms with Gasteiger partial charge in [-0.1, -0.05) is 37.7 Å². The van der Waals surface area contributed by atoms with Gasteiger partial charge in [0.25, 0.3) is 0 Å². The maximum atomic E-state index is 3.51. The van der Waals surface area contributed by atoms with E-state index in [-0.39, 0.29) is 0 Å². The van der Waals surface area contributed by atoms with Crippen LogP contribution in [0.2, 0.25) is 19.6 Å². The Bertz CT molecular complexity index is 441. The fourth-order valence-corrected chi connectivity index (χ4v) is 2.23. The monoisotopic (exact) mass is 257 g/mol. The van der Waals surface area contributed by atoms with Crippen molar-refractivity contribution in [3.8, 4) is 11.5 Å². The minimum Gasteiger partial charge on any atom is -0.312 e. The summed E-state index contributed by atoms with van der Waals surface area (Å²) >= 11 is 0. The van der Waals surface area contributed by atoms with Gasteiger partial charge in [0.05, 0.1) is 0 Å². The van der Waals surface area contributed by atoms with Crippen LogP contribution in [0.25, 0.3) is 0 Å². The van der Waals surface area contributed by atoms with E-state index in [9.17, 15) is 0 Å². The van der Waals surface area contributed by atoms with Gasteiger partial charge in [0, 0.05) is 12.1 Å². The molecule has 2 rings (SSSR count). The average molecular weight is 257 g/mol. The van der Waals surface area contributed by atoms with Gasteiger partial charge < -0.3 is 5.32 Å². The summed E-state index contributed by atoms with van der Waals surface area (Å²) in [4.78, 5) is 0. The van der Waals surface area contributed by atoms with E-state index in [2.05, 4.69) is 60.7 Å². The molecular weight excluding hydrogens is 234 g/mol. The minimum absolute atomic E-state index is 0.951. The minimum atomic E-state index is -1.25. The topological polar surface area (TPSA) is 12.0 Å². The molecule has 96 valence electrons. The van der Waals surface area contributed by atoms with Gasteiger partial charge in [0.2, 0.25) is 0 Å². The molecule has 1 aliphatic carbocycles. The molecule has 1 N–H and O–H groups in total. The molecule has 0 saturated heterocycles. The van der Waals surface area contributed by atoms with Gasteiger partial charge in [0.1, 0.15) is 8.07 Å². The quantitative estimate of drug-likeness (QED) is 0.644. The van der Waals surface area contributed by atoms with Gasteiger partial charge in [-0.05, 0) is 43.0 Å². The summed E-state index contributed by atoms with van der Waals surface area (Å²) in [5.74, 6) is 4.24. The van der Waals surface area contributed by atoms with E-state index < -0.39 is 8.07 Å². The molecule has 1 aromatic carbocycles. The van der Waals surface area contributed by atoms with Crippen LogP contribution in [0.3, 0.4) is 0 Å². The lowest BCUT2D eigenvalue weighted by Crippen LogP contribution is -2.16. The third-order valence-corrected chi connectivity index (χ3v) is 3.87. The summed E-state index contributed by atoms with van der Waals surface area (Å²) in [6, 6.07) is 8.66. The summed E-state index contributed by atoms with van der Waals surface area (Å²) in [5, 5.41) is 3.51. The predicted molar refractivity (Wildman–Crippen MR) is 81.1 cm³/mol. The highest BCUT2D eigenvalue weighted by Gasteiger charge is 2.19. The van der Waals surface area contributed by atoms with Crippen LogP contribution in [-0.4, -0.2) is 14.6 Å². The van der Waals surface area contributed by atoms with Crippen molar-refractivity contribution in [1.29, 1.82) is 0 Å². The summed E-state index contributed by atoms with van der Waals surface area (Å²) in [6.07, 6.45) is 2.83. The summed E-state index contributed by atoms with van der Waals surface area (Å²) in [6.45, 7) is 8.98. The van der Waals surface area contributed by atoms with Gasteiger partial charge in [-0.15, -0.1) is 5.54 Å². The molecule has 0 unspecified atom stereocenters. The van der Waals surface area contributed by atoms with Crippen molar-refractivity contribution in [2.75, 3.05) is 6.54 Å². The first-order valence-electron chi connectivity index (χ1n) is 6.86. The number of benzene rings is 1. The molecule has 0 aliphatic heterocycles. The molecule has 1 saturated carbocycles. The Hall–Kier alpha value is -1.04. The van der Waals surface area contributed by atoms with Crippen molar-refractivity contribution >= 4 is 8.07 Å². The Balaban J connectivity index is 1.85. The van der Waals surface area contributed by atoms with Crippen LogP contribution in [-0.2, 0) is 6.54 Å². The van der Waals surface area contributed by atoms with Crippen molar-refractivity contribution in [3.05, 3.63) is 35.4 Å². The van der Waals surface area contributed by atoms with E-state index in [1.165, 1.54) is 24.9 Å². The zero-order valence-electron chi connectivity index (χ0n) is 11.7. The predicted octanol–water partition coefficient (Wildman–Crippen LogP) is 3.42. The summed E-state index contributed by atoms with van der Waals surface area (Å²) in [7, 11) is -1.25. The van der Waals surface area contributed by atoms with E-state index in [1.54, 1.807) is 0 Å². The smallest absolute Gasteiger partial charge is 0.129 e. The molecule has 0 radical (unpaired) electrons. The van der Waals surface area contributed by atoms with E-state index in [0.717, 1.165) is 18.0 Å². The molecule has 1 aromatic rings. The number of hydrogen-bond donors (Lipinski definition) is 1. The first kappa shape index (κ1) is 13.4. The summed E-state index contributed by atoms with van der Waals surface area (Å²) < 4.78 is 0. The fraction of sp³-hybridized carbons (Fsp3) is 0.500. The van der Waals surface area contributed by atoms with Crippen LogP contribution in [0.5, 0.6) is 0 Å². The molecule has 2 heteroatoms. The maximum Gasteiger partial charge on any atom is 0.129 e. The summed E-state index contributed by atoms with van der Waals surface area (Å²) in [5.41, 5.74) is 5.89. The second kappa shape index (κ2) is 5.73. The van der Waals surface area contributed by atoms with E-state index >= 15 is 0 Å². The van der Waals surface area contributed by atoms with Crippen LogP contribution in [0.4, 0.5) is 0 Å². The second-order valence-electron chi connectivity index (χ2n) is 6.27. The molecule has 18 heavy (non-hydrogen) atoms. The SMILES string of the molecule is C[Si](C)(C)C#Cc1ccc(CNCC2CC2)cc1. The molecule has 1 nitrogen and oxygen atoms in total. The zero-order chi connectivity index (χ0) is 13.0. The lowest BCUT2D eigenvalue weighted by atomic mass is 10.1. The van der Waals surface area contributed by atoms with E-state index in [1.807, 2.05) is 0 Å². The number of nitrogens with one attached hydrogen (secondary N) is 1. The van der Waals surface area contributed by atoms with Gasteiger partial charge in [0.15, 0.2) is 0 Å². The Labute approximate surface area is 112 Å². The third-order valence-electron chi connectivity index (χ3n) is 2.99. The Morgan fingerprint density at radius 3 is 2.39 bits per heavy atom. The molecule has 0 heterocycles. The first-order chi connectivity index (χ1) is 8.53. The van der Waals surface area contributed by atoms with E-state index in [4.69, 9.17) is 0 Å². The molecule has 0 spiro atoms. The van der Waals surface area contributed by atoms with Crippen LogP contribution >= 0.6 is 0 Å². The Morgan fingerprint density at radius 1 is 1.17 bits per heavy atom. The van der Waals surface area contributed by atoms with Gasteiger partial charge in [-0.3, -0.25) is 0 Å². The molecular formula is C16H23NSi. The van der Waals surface area contributed by atoms with Crippen LogP contribution < -0.4 is 5.32 Å². The number of rotatable bonds is 4. The second-order valence-corrected chi connectivity index (χ2v) is 11.0. The largest absolute Gasteiger partial charge is 0.312 e. The van der Waals surface area contributed by atoms with Crippen LogP contribution in [0, 0.1) is 17.4 Å². The number of hydrogen-bond acceptors (Lipinski definition) is 1. The normalized spacial score (nSPS) is 15.1. The Morgan fingerprint density at radius 2 is 1.83 bits per heavy atom. The highest BCUT2D eigenvalue weighted by Crippen LogP contribution is 2.27. The molecule has 0 atom stereocenters. The molecule has 0 bridgehead atoms. The van der Waals surface area contributed by atoms with Crippen molar-refractivity contribution in [1.82, 2.24) is 5.32 Å². The molecule has 1 fully saturated rings. The highest BCUT2D eigenvalue weighted by molar-refractivity contribution is 6.83. The molecule has 1 aliphatic rings. The lowest BCUT2D eigenvalue weighted by molar-refractivity contribution is 0.639. The zero-order valence-corrected chi connectivity index (χ0v) is 12.7. The van der Waals surface area contributed by atoms with Gasteiger partial charge in [-0.2, -0.15) is 0 Å². The Kier molecular flexibility index (Phi) is 4.26. The first-order valence-corrected chi connectivity index (χ1v) is 10.4. The lowest BCUT2D eigenvalue weighted by Gasteiger charge is -2.05. The van der Waals surface area contributed by atoms with Crippen molar-refractivity contribution in [2.45, 2.75) is 39.0 Å². The van der Waals surface area contributed by atoms with Crippen molar-refractivity contribution in [2.24, 2.45) is 5.92 Å². The molecule has 0 aromatic heterocycles. The van der Waals surface area contributed by atoms with Crippen LogP contribution in [0.1, 0.15) is 24.0 Å². The van der Waals surface area contributed by atoms with Crippen molar-refractivity contribution in [3.63, 3.8) is 0 Å². The standard InChI is InChI=1S/C16H23NSi/c1-18(2,3)11-10-14-4-6-15(7-5-14)12-17-13-16-8-9-16/h4-7,16-17H,8-9,12-13H2,1-3H3. The van der Waals surface area contributed by atoms with Gasteiger partial charge in [-0.25, -0.2) is 0 Å². The van der Waals surface area contributed by atoms with Crippen molar-refractivity contribution < 1.29 is 0 Å².